The highest BCUT2D eigenvalue weighted by molar-refractivity contribution is 6.01. The molecule has 0 saturated carbocycles. The van der Waals surface area contributed by atoms with E-state index in [2.05, 4.69) is 25.6 Å². The number of furan rings is 1. The van der Waals surface area contributed by atoms with Crippen molar-refractivity contribution in [3.63, 3.8) is 0 Å². The van der Waals surface area contributed by atoms with Gasteiger partial charge in [0.1, 0.15) is 0 Å². The van der Waals surface area contributed by atoms with Crippen molar-refractivity contribution >= 4 is 29.2 Å². The van der Waals surface area contributed by atoms with E-state index < -0.39 is 11.9 Å². The van der Waals surface area contributed by atoms with Crippen molar-refractivity contribution in [2.45, 2.75) is 0 Å². The summed E-state index contributed by atoms with van der Waals surface area (Å²) in [4.78, 5) is 23.2. The number of nitrogens with one attached hydrogen (secondary N) is 2. The summed E-state index contributed by atoms with van der Waals surface area (Å²) in [6.45, 7) is 0. The highest BCUT2D eigenvalue weighted by Gasteiger charge is 2.10. The molecule has 0 aliphatic heterocycles. The molecule has 0 aliphatic rings. The topological polar surface area (TPSA) is 106 Å². The van der Waals surface area contributed by atoms with Gasteiger partial charge in [0.05, 0.1) is 18.9 Å². The van der Waals surface area contributed by atoms with Crippen molar-refractivity contribution in [2.24, 2.45) is 0 Å². The second-order valence-corrected chi connectivity index (χ2v) is 4.93. The van der Waals surface area contributed by atoms with Crippen LogP contribution in [0, 0.1) is 0 Å². The lowest BCUT2D eigenvalue weighted by Crippen LogP contribution is -2.12. The normalized spacial score (nSPS) is 10.1. The number of esters is 1. The first kappa shape index (κ1) is 16.2. The fraction of sp³-hybridized carbons (Fsp3) is 0.0588. The standard InChI is InChI=1S/C17H14N4O4/c1-24-17(23)11-4-6-12(7-5-11)18-14-8-9-15(21-20-14)19-16(22)13-3-2-10-25-13/h2-10H,1H3,(H,18,20)(H,19,21,22). The summed E-state index contributed by atoms with van der Waals surface area (Å²) in [5, 5.41) is 13.5. The maximum absolute atomic E-state index is 11.8. The van der Waals surface area contributed by atoms with E-state index in [0.717, 1.165) is 5.69 Å². The van der Waals surface area contributed by atoms with Crippen LogP contribution in [0.15, 0.2) is 59.2 Å². The Morgan fingerprint density at radius 1 is 1.00 bits per heavy atom. The van der Waals surface area contributed by atoms with Crippen LogP contribution in [0.25, 0.3) is 0 Å². The van der Waals surface area contributed by atoms with Crippen molar-refractivity contribution < 1.29 is 18.7 Å². The van der Waals surface area contributed by atoms with E-state index in [9.17, 15) is 9.59 Å². The van der Waals surface area contributed by atoms with Crippen LogP contribution in [0.2, 0.25) is 0 Å². The molecule has 0 unspecified atom stereocenters. The van der Waals surface area contributed by atoms with E-state index in [4.69, 9.17) is 4.42 Å². The Kier molecular flexibility index (Phi) is 4.70. The van der Waals surface area contributed by atoms with E-state index in [1.165, 1.54) is 13.4 Å². The minimum absolute atomic E-state index is 0.190. The molecule has 8 nitrogen and oxygen atoms in total. The lowest BCUT2D eigenvalue weighted by Gasteiger charge is -2.07. The van der Waals surface area contributed by atoms with Gasteiger partial charge in [-0.15, -0.1) is 10.2 Å². The third-order valence-corrected chi connectivity index (χ3v) is 3.23. The van der Waals surface area contributed by atoms with Gasteiger partial charge in [-0.3, -0.25) is 4.79 Å². The highest BCUT2D eigenvalue weighted by Crippen LogP contribution is 2.16. The molecule has 3 rings (SSSR count). The lowest BCUT2D eigenvalue weighted by atomic mass is 10.2. The molecule has 2 N–H and O–H groups in total. The molecule has 0 aliphatic carbocycles. The van der Waals surface area contributed by atoms with Gasteiger partial charge in [-0.1, -0.05) is 0 Å². The molecule has 0 bridgehead atoms. The molecule has 0 fully saturated rings. The van der Waals surface area contributed by atoms with Crippen molar-refractivity contribution in [1.82, 2.24) is 10.2 Å². The Hall–Kier alpha value is -3.68. The molecule has 126 valence electrons. The number of carbonyl (C=O) groups excluding carboxylic acids is 2. The van der Waals surface area contributed by atoms with Crippen LogP contribution >= 0.6 is 0 Å². The average molecular weight is 338 g/mol. The highest BCUT2D eigenvalue weighted by atomic mass is 16.5. The molecule has 1 aromatic carbocycles. The molecule has 0 radical (unpaired) electrons. The van der Waals surface area contributed by atoms with Crippen molar-refractivity contribution in [2.75, 3.05) is 17.7 Å². The van der Waals surface area contributed by atoms with Gasteiger partial charge >= 0.3 is 5.97 Å². The summed E-state index contributed by atoms with van der Waals surface area (Å²) in [7, 11) is 1.33. The van der Waals surface area contributed by atoms with Gasteiger partial charge < -0.3 is 19.8 Å². The number of anilines is 3. The largest absolute Gasteiger partial charge is 0.465 e. The van der Waals surface area contributed by atoms with Crippen LogP contribution in [0.5, 0.6) is 0 Å². The van der Waals surface area contributed by atoms with Crippen LogP contribution in [0.3, 0.4) is 0 Å². The quantitative estimate of drug-likeness (QED) is 0.689. The smallest absolute Gasteiger partial charge is 0.337 e. The molecule has 2 heterocycles. The minimum atomic E-state index is -0.404. The van der Waals surface area contributed by atoms with Gasteiger partial charge in [0.25, 0.3) is 5.91 Å². The van der Waals surface area contributed by atoms with Crippen LogP contribution < -0.4 is 10.6 Å². The Bertz CT molecular complexity index is 859. The Labute approximate surface area is 142 Å². The van der Waals surface area contributed by atoms with Crippen LogP contribution in [-0.2, 0) is 4.74 Å². The maximum Gasteiger partial charge on any atom is 0.337 e. The van der Waals surface area contributed by atoms with E-state index in [0.29, 0.717) is 17.2 Å². The van der Waals surface area contributed by atoms with Crippen LogP contribution in [-0.4, -0.2) is 29.2 Å². The van der Waals surface area contributed by atoms with Gasteiger partial charge in [-0.2, -0.15) is 0 Å². The van der Waals surface area contributed by atoms with Crippen LogP contribution in [0.1, 0.15) is 20.9 Å². The molecule has 3 aromatic rings. The number of hydrogen-bond acceptors (Lipinski definition) is 7. The van der Waals surface area contributed by atoms with Gasteiger partial charge in [-0.05, 0) is 48.5 Å². The Balaban J connectivity index is 1.62. The fourth-order valence-corrected chi connectivity index (χ4v) is 2.01. The van der Waals surface area contributed by atoms with Gasteiger partial charge in [-0.25, -0.2) is 4.79 Å². The number of rotatable bonds is 5. The molecular weight excluding hydrogens is 324 g/mol. The summed E-state index contributed by atoms with van der Waals surface area (Å²) >= 11 is 0. The predicted octanol–water partition coefficient (Wildman–Crippen LogP) is 2.85. The summed E-state index contributed by atoms with van der Waals surface area (Å²) in [5.41, 5.74) is 1.18. The zero-order valence-corrected chi connectivity index (χ0v) is 13.2. The molecule has 0 saturated heterocycles. The van der Waals surface area contributed by atoms with E-state index in [1.807, 2.05) is 0 Å². The Morgan fingerprint density at radius 3 is 2.32 bits per heavy atom. The third kappa shape index (κ3) is 3.99. The molecule has 2 aromatic heterocycles. The number of aromatic nitrogens is 2. The SMILES string of the molecule is COC(=O)c1ccc(Nc2ccc(NC(=O)c3ccco3)nn2)cc1. The van der Waals surface area contributed by atoms with E-state index in [-0.39, 0.29) is 5.76 Å². The number of hydrogen-bond donors (Lipinski definition) is 2. The summed E-state index contributed by atoms with van der Waals surface area (Å²) < 4.78 is 9.64. The third-order valence-electron chi connectivity index (χ3n) is 3.23. The number of benzene rings is 1. The number of carbonyl (C=O) groups is 2. The van der Waals surface area contributed by atoms with Crippen LogP contribution in [0.4, 0.5) is 17.3 Å². The molecule has 0 spiro atoms. The van der Waals surface area contributed by atoms with Gasteiger partial charge in [0.15, 0.2) is 17.4 Å². The summed E-state index contributed by atoms with van der Waals surface area (Å²) in [6.07, 6.45) is 1.42. The van der Waals surface area contributed by atoms with Crippen molar-refractivity contribution in [1.29, 1.82) is 0 Å². The number of nitrogens with zero attached hydrogens (tertiary/aromatic N) is 2. The maximum atomic E-state index is 11.8. The number of amides is 1. The molecule has 25 heavy (non-hydrogen) atoms. The Morgan fingerprint density at radius 2 is 1.72 bits per heavy atom. The molecule has 1 amide bonds. The second kappa shape index (κ2) is 7.26. The summed E-state index contributed by atoms with van der Waals surface area (Å²) in [6, 6.07) is 13.2. The van der Waals surface area contributed by atoms with Gasteiger partial charge in [0, 0.05) is 5.69 Å². The first-order chi connectivity index (χ1) is 12.2. The lowest BCUT2D eigenvalue weighted by molar-refractivity contribution is 0.0600. The molecule has 8 heteroatoms. The number of ether oxygens (including phenoxy) is 1. The first-order valence-corrected chi connectivity index (χ1v) is 7.30. The summed E-state index contributed by atoms with van der Waals surface area (Å²) in [5.74, 6) is 0.172. The average Bonchev–Trinajstić information content (AvgIpc) is 3.18. The minimum Gasteiger partial charge on any atom is -0.465 e. The zero-order valence-electron chi connectivity index (χ0n) is 13.2. The van der Waals surface area contributed by atoms with E-state index in [1.54, 1.807) is 48.5 Å². The number of methoxy groups -OCH3 is 1. The first-order valence-electron chi connectivity index (χ1n) is 7.30. The van der Waals surface area contributed by atoms with Gasteiger partial charge in [0.2, 0.25) is 0 Å². The van der Waals surface area contributed by atoms with Crippen molar-refractivity contribution in [3.8, 4) is 0 Å². The van der Waals surface area contributed by atoms with Crippen molar-refractivity contribution in [3.05, 3.63) is 66.1 Å². The monoisotopic (exact) mass is 338 g/mol. The predicted molar refractivity (Wildman–Crippen MR) is 89.8 cm³/mol. The van der Waals surface area contributed by atoms with E-state index >= 15 is 0 Å². The fourth-order valence-electron chi connectivity index (χ4n) is 2.01. The molecular formula is C17H14N4O4. The second-order valence-electron chi connectivity index (χ2n) is 4.93. The molecule has 0 atom stereocenters. The zero-order chi connectivity index (χ0) is 17.6.